The van der Waals surface area contributed by atoms with Crippen LogP contribution in [0.4, 0.5) is 0 Å². The van der Waals surface area contributed by atoms with E-state index in [0.29, 0.717) is 0 Å². The van der Waals surface area contributed by atoms with Gasteiger partial charge in [0.15, 0.2) is 0 Å². The normalized spacial score (nSPS) is 32.8. The standard InChI is InChI=1S/C14H26N2.C14H28N2.C14H25N.C11H22N2/c1-15-11-14(12-15)9-13(10-14)5-8-16-6-3-2-4-7-16;1-11(2)16(14-9-12(3)10-14)13-5-7-15(4)8-6-13;1-2-5-13(6-3-1)7-10-15-11-14(12-15)8-4-9-14;1-3-4-5-13-8-10-6-12(2)7-11(10)9-13/h13H,2-12H2,1H3;11-14H,5-10H2,1-4H3;13H,1-12H2;10-11H,3-9H2,1-2H3. The molecule has 0 bridgehead atoms. The largest absolute Gasteiger partial charge is 0.306 e. The first kappa shape index (κ1) is 47.7. The minimum absolute atomic E-state index is 0.728. The molecule has 2 atom stereocenters. The van der Waals surface area contributed by atoms with Crippen LogP contribution in [-0.2, 0) is 0 Å². The lowest BCUT2D eigenvalue weighted by Gasteiger charge is -2.58. The van der Waals surface area contributed by atoms with Gasteiger partial charge in [-0.15, -0.1) is 0 Å². The maximum Gasteiger partial charge on any atom is 0.0125 e. The quantitative estimate of drug-likeness (QED) is 0.193. The molecule has 0 N–H and O–H groups in total. The summed E-state index contributed by atoms with van der Waals surface area (Å²) in [6.07, 6.45) is 30.9. The lowest BCUT2D eigenvalue weighted by atomic mass is 9.57. The molecule has 60 heavy (non-hydrogen) atoms. The molecule has 7 nitrogen and oxygen atoms in total. The highest BCUT2D eigenvalue weighted by Gasteiger charge is 2.50. The third-order valence-corrected chi connectivity index (χ3v) is 18.1. The molecule has 6 aliphatic heterocycles. The number of nitrogens with zero attached hydrogens (tertiary/aromatic N) is 7. The molecule has 0 amide bonds. The van der Waals surface area contributed by atoms with Crippen molar-refractivity contribution < 1.29 is 0 Å². The zero-order chi connectivity index (χ0) is 42.1. The maximum absolute atomic E-state index is 2.83. The van der Waals surface area contributed by atoms with E-state index in [1.54, 1.807) is 0 Å². The van der Waals surface area contributed by atoms with Crippen LogP contribution in [0, 0.1) is 40.4 Å². The van der Waals surface area contributed by atoms with E-state index >= 15 is 0 Å². The monoisotopic (exact) mass is 836 g/mol. The molecule has 10 aliphatic rings. The first-order chi connectivity index (χ1) is 29.0. The summed E-state index contributed by atoms with van der Waals surface area (Å²) in [5, 5.41) is 0. The Morgan fingerprint density at radius 1 is 0.550 bits per heavy atom. The van der Waals surface area contributed by atoms with Gasteiger partial charge < -0.3 is 29.4 Å². The highest BCUT2D eigenvalue weighted by atomic mass is 15.2. The van der Waals surface area contributed by atoms with E-state index in [1.807, 2.05) is 0 Å². The van der Waals surface area contributed by atoms with Crippen molar-refractivity contribution in [2.45, 2.75) is 181 Å². The molecule has 7 heteroatoms. The van der Waals surface area contributed by atoms with Crippen LogP contribution in [0.3, 0.4) is 0 Å². The Bertz CT molecular complexity index is 1180. The minimum atomic E-state index is 0.728. The fourth-order valence-corrected chi connectivity index (χ4v) is 14.6. The van der Waals surface area contributed by atoms with Crippen LogP contribution in [-0.4, -0.2) is 172 Å². The van der Waals surface area contributed by atoms with Gasteiger partial charge in [0.05, 0.1) is 0 Å². The summed E-state index contributed by atoms with van der Waals surface area (Å²) in [5.74, 6) is 5.09. The molecule has 0 aromatic carbocycles. The molecule has 0 aromatic heterocycles. The minimum Gasteiger partial charge on any atom is -0.306 e. The molecule has 6 saturated heterocycles. The fraction of sp³-hybridized carbons (Fsp3) is 1.00. The number of rotatable bonds is 12. The Kier molecular flexibility index (Phi) is 18.1. The number of hydrogen-bond donors (Lipinski definition) is 0. The van der Waals surface area contributed by atoms with Gasteiger partial charge in [0, 0.05) is 70.5 Å². The van der Waals surface area contributed by atoms with Crippen LogP contribution in [0.5, 0.6) is 0 Å². The van der Waals surface area contributed by atoms with Crippen molar-refractivity contribution >= 4 is 0 Å². The van der Waals surface area contributed by atoms with Crippen LogP contribution >= 0.6 is 0 Å². The number of piperidine rings is 2. The van der Waals surface area contributed by atoms with E-state index in [4.69, 9.17) is 0 Å². The predicted molar refractivity (Wildman–Crippen MR) is 257 cm³/mol. The summed E-state index contributed by atoms with van der Waals surface area (Å²) < 4.78 is 0. The van der Waals surface area contributed by atoms with Gasteiger partial charge in [-0.1, -0.05) is 65.2 Å². The topological polar surface area (TPSA) is 22.7 Å². The third kappa shape index (κ3) is 13.4. The zero-order valence-corrected chi connectivity index (χ0v) is 41.2. The second-order valence-electron chi connectivity index (χ2n) is 24.2. The average molecular weight is 836 g/mol. The fourth-order valence-electron chi connectivity index (χ4n) is 14.6. The Morgan fingerprint density at radius 3 is 1.70 bits per heavy atom. The molecule has 4 saturated carbocycles. The maximum atomic E-state index is 2.83. The molecule has 10 rings (SSSR count). The SMILES string of the molecule is C1CCC(CCN2CC3(CCC3)C2)CC1.CC1CC(N(C(C)C)C2CCN(C)CC2)C1.CCCCN1CC2CN(C)CC2C1.CN1CC2(CC(CCN3CCCCC3)C2)C1. The second-order valence-corrected chi connectivity index (χ2v) is 24.2. The van der Waals surface area contributed by atoms with Gasteiger partial charge in [0.2, 0.25) is 0 Å². The van der Waals surface area contributed by atoms with E-state index < -0.39 is 0 Å². The number of hydrogen-bond acceptors (Lipinski definition) is 7. The first-order valence-corrected chi connectivity index (χ1v) is 27.0. The zero-order valence-electron chi connectivity index (χ0n) is 41.2. The van der Waals surface area contributed by atoms with Gasteiger partial charge in [-0.2, -0.15) is 0 Å². The van der Waals surface area contributed by atoms with Crippen molar-refractivity contribution in [3.8, 4) is 0 Å². The van der Waals surface area contributed by atoms with Crippen LogP contribution < -0.4 is 0 Å². The van der Waals surface area contributed by atoms with E-state index in [2.05, 4.69) is 83.1 Å². The average Bonchev–Trinajstić information content (AvgIpc) is 3.71. The smallest absolute Gasteiger partial charge is 0.0125 e. The van der Waals surface area contributed by atoms with Crippen LogP contribution in [0.25, 0.3) is 0 Å². The summed E-state index contributed by atoms with van der Waals surface area (Å²) in [6.45, 7) is 30.0. The van der Waals surface area contributed by atoms with Crippen molar-refractivity contribution in [3.05, 3.63) is 0 Å². The molecular weight excluding hydrogens is 735 g/mol. The van der Waals surface area contributed by atoms with Gasteiger partial charge >= 0.3 is 0 Å². The van der Waals surface area contributed by atoms with Crippen LogP contribution in [0.2, 0.25) is 0 Å². The molecule has 2 unspecified atom stereocenters. The molecule has 10 fully saturated rings. The molecule has 2 spiro atoms. The predicted octanol–water partition coefficient (Wildman–Crippen LogP) is 9.52. The number of likely N-dealkylation sites (tertiary alicyclic amines) is 6. The van der Waals surface area contributed by atoms with Gasteiger partial charge in [-0.05, 0) is 205 Å². The van der Waals surface area contributed by atoms with Crippen LogP contribution in [0.15, 0.2) is 0 Å². The first-order valence-electron chi connectivity index (χ1n) is 27.0. The molecular formula is C53H101N7. The molecule has 6 heterocycles. The van der Waals surface area contributed by atoms with Crippen LogP contribution in [0.1, 0.15) is 163 Å². The Morgan fingerprint density at radius 2 is 1.15 bits per heavy atom. The van der Waals surface area contributed by atoms with E-state index in [1.165, 1.54) is 233 Å². The summed E-state index contributed by atoms with van der Waals surface area (Å²) >= 11 is 0. The number of fused-ring (bicyclic) bond motifs is 1. The van der Waals surface area contributed by atoms with Crippen molar-refractivity contribution in [1.29, 1.82) is 0 Å². The number of unbranched alkanes of at least 4 members (excludes halogenated alkanes) is 1. The van der Waals surface area contributed by atoms with E-state index in [9.17, 15) is 0 Å². The van der Waals surface area contributed by atoms with Crippen molar-refractivity contribution in [1.82, 2.24) is 34.3 Å². The lowest BCUT2D eigenvalue weighted by molar-refractivity contribution is -0.0851. The molecule has 0 radical (unpaired) electrons. The van der Waals surface area contributed by atoms with Crippen molar-refractivity contribution in [2.75, 3.05) is 119 Å². The summed E-state index contributed by atoms with van der Waals surface area (Å²) in [7, 11) is 6.77. The Labute approximate surface area is 373 Å². The van der Waals surface area contributed by atoms with Gasteiger partial charge in [0.25, 0.3) is 0 Å². The van der Waals surface area contributed by atoms with Gasteiger partial charge in [-0.25, -0.2) is 0 Å². The van der Waals surface area contributed by atoms with Crippen molar-refractivity contribution in [2.24, 2.45) is 40.4 Å². The lowest BCUT2D eigenvalue weighted by Crippen LogP contribution is -2.60. The highest BCUT2D eigenvalue weighted by Crippen LogP contribution is 2.52. The van der Waals surface area contributed by atoms with Gasteiger partial charge in [0.1, 0.15) is 0 Å². The summed E-state index contributed by atoms with van der Waals surface area (Å²) in [6, 6.07) is 2.48. The van der Waals surface area contributed by atoms with E-state index in [0.717, 1.165) is 58.5 Å². The van der Waals surface area contributed by atoms with Crippen molar-refractivity contribution in [3.63, 3.8) is 0 Å². The molecule has 348 valence electrons. The Hall–Kier alpha value is -0.280. The third-order valence-electron chi connectivity index (χ3n) is 18.1. The summed E-state index contributed by atoms with van der Waals surface area (Å²) in [4.78, 5) is 18.3. The molecule has 4 aliphatic carbocycles. The molecule has 0 aromatic rings. The van der Waals surface area contributed by atoms with Gasteiger partial charge in [-0.3, -0.25) is 4.90 Å². The highest BCUT2D eigenvalue weighted by molar-refractivity contribution is 5.03. The summed E-state index contributed by atoms with van der Waals surface area (Å²) in [5.41, 5.74) is 1.63. The van der Waals surface area contributed by atoms with E-state index in [-0.39, 0.29) is 0 Å². The second kappa shape index (κ2) is 22.8. The Balaban J connectivity index is 0.000000121.